The standard InChI is InChI=1S/C25H38N6O7S/c1-18(13-22(32)28(3)4)39(35,36)30-11-12-31(23(33)16-30)20-14-27-21(15-26-20)37-17-19-5-9-29(10-6-19)24(34)38-25(2)7-8-25/h14-15,18-19H,5-13,16-17H2,1-4H3. The molecule has 14 heteroatoms. The number of carbonyl (C=O) groups excluding carboxylic acids is 3. The molecule has 1 aromatic rings. The number of piperidine rings is 1. The zero-order valence-electron chi connectivity index (χ0n) is 23.0. The molecule has 1 aromatic heterocycles. The molecule has 2 aliphatic heterocycles. The van der Waals surface area contributed by atoms with Gasteiger partial charge in [0, 0.05) is 46.7 Å². The van der Waals surface area contributed by atoms with Crippen LogP contribution < -0.4 is 9.64 Å². The third kappa shape index (κ3) is 7.15. The van der Waals surface area contributed by atoms with Crippen molar-refractivity contribution >= 4 is 33.7 Å². The number of piperazine rings is 1. The summed E-state index contributed by atoms with van der Waals surface area (Å²) in [7, 11) is -0.674. The molecule has 0 bridgehead atoms. The molecule has 1 atom stereocenters. The van der Waals surface area contributed by atoms with Gasteiger partial charge in [0.05, 0.1) is 30.8 Å². The molecule has 39 heavy (non-hydrogen) atoms. The van der Waals surface area contributed by atoms with E-state index in [4.69, 9.17) is 9.47 Å². The molecule has 0 N–H and O–H groups in total. The van der Waals surface area contributed by atoms with E-state index in [-0.39, 0.29) is 49.6 Å². The van der Waals surface area contributed by atoms with Gasteiger partial charge in [0.25, 0.3) is 0 Å². The predicted octanol–water partition coefficient (Wildman–Crippen LogP) is 1.10. The molecule has 3 amide bonds. The lowest BCUT2D eigenvalue weighted by molar-refractivity contribution is -0.128. The van der Waals surface area contributed by atoms with Crippen molar-refractivity contribution < 1.29 is 32.3 Å². The fourth-order valence-electron chi connectivity index (χ4n) is 4.46. The number of hydrogen-bond donors (Lipinski definition) is 0. The fraction of sp³-hybridized carbons (Fsp3) is 0.720. The lowest BCUT2D eigenvalue weighted by atomic mass is 9.98. The van der Waals surface area contributed by atoms with E-state index in [0.29, 0.717) is 31.4 Å². The minimum atomic E-state index is -3.81. The van der Waals surface area contributed by atoms with Crippen LogP contribution in [0, 0.1) is 5.92 Å². The summed E-state index contributed by atoms with van der Waals surface area (Å²) >= 11 is 0. The number of hydrogen-bond acceptors (Lipinski definition) is 9. The van der Waals surface area contributed by atoms with E-state index in [1.807, 2.05) is 6.92 Å². The maximum Gasteiger partial charge on any atom is 0.410 e. The molecule has 13 nitrogen and oxygen atoms in total. The zero-order valence-corrected chi connectivity index (χ0v) is 23.9. The monoisotopic (exact) mass is 566 g/mol. The van der Waals surface area contributed by atoms with Crippen LogP contribution in [0.2, 0.25) is 0 Å². The van der Waals surface area contributed by atoms with Crippen LogP contribution in [0.3, 0.4) is 0 Å². The Bertz CT molecular complexity index is 1160. The zero-order chi connectivity index (χ0) is 28.4. The third-order valence-electron chi connectivity index (χ3n) is 7.53. The minimum Gasteiger partial charge on any atom is -0.476 e. The molecule has 0 radical (unpaired) electrons. The van der Waals surface area contributed by atoms with Crippen molar-refractivity contribution in [2.45, 2.75) is 56.8 Å². The number of likely N-dealkylation sites (tertiary alicyclic amines) is 1. The summed E-state index contributed by atoms with van der Waals surface area (Å²) in [5.41, 5.74) is -0.274. The quantitative estimate of drug-likeness (QED) is 0.429. The number of anilines is 1. The SMILES string of the molecule is CC(CC(=O)N(C)C)S(=O)(=O)N1CCN(c2cnc(OCC3CCN(C(=O)OC4(C)CC4)CC3)cn2)C(=O)C1. The lowest BCUT2D eigenvalue weighted by Crippen LogP contribution is -2.54. The van der Waals surface area contributed by atoms with Crippen molar-refractivity contribution in [1.82, 2.24) is 24.1 Å². The minimum absolute atomic E-state index is 0.0972. The molecule has 3 fully saturated rings. The van der Waals surface area contributed by atoms with Crippen LogP contribution in [0.4, 0.5) is 10.6 Å². The first-order chi connectivity index (χ1) is 18.4. The van der Waals surface area contributed by atoms with Gasteiger partial charge >= 0.3 is 6.09 Å². The second kappa shape index (κ2) is 11.6. The first-order valence-electron chi connectivity index (χ1n) is 13.3. The van der Waals surface area contributed by atoms with Gasteiger partial charge in [-0.1, -0.05) is 0 Å². The largest absolute Gasteiger partial charge is 0.476 e. The van der Waals surface area contributed by atoms with Crippen molar-refractivity contribution in [2.24, 2.45) is 5.92 Å². The van der Waals surface area contributed by atoms with Crippen LogP contribution in [0.1, 0.15) is 46.0 Å². The summed E-state index contributed by atoms with van der Waals surface area (Å²) in [5, 5.41) is -0.935. The van der Waals surface area contributed by atoms with Crippen molar-refractivity contribution in [3.63, 3.8) is 0 Å². The molecule has 216 valence electrons. The number of aromatic nitrogens is 2. The summed E-state index contributed by atoms with van der Waals surface area (Å²) in [6.07, 6.45) is 5.96. The van der Waals surface area contributed by atoms with Gasteiger partial charge in [0.15, 0.2) is 5.82 Å². The number of amides is 3. The van der Waals surface area contributed by atoms with Crippen molar-refractivity contribution in [3.8, 4) is 5.88 Å². The topological polar surface area (TPSA) is 143 Å². The van der Waals surface area contributed by atoms with Gasteiger partial charge in [0.1, 0.15) is 5.60 Å². The van der Waals surface area contributed by atoms with Crippen molar-refractivity contribution in [1.29, 1.82) is 0 Å². The normalized spacial score (nSPS) is 20.9. The Labute approximate surface area is 229 Å². The highest BCUT2D eigenvalue weighted by Crippen LogP contribution is 2.39. The highest BCUT2D eigenvalue weighted by Gasteiger charge is 2.43. The van der Waals surface area contributed by atoms with Gasteiger partial charge in [-0.2, -0.15) is 4.31 Å². The molecule has 0 spiro atoms. The summed E-state index contributed by atoms with van der Waals surface area (Å²) in [6.45, 7) is 5.03. The second-order valence-electron chi connectivity index (χ2n) is 11.0. The number of carbonyl (C=O) groups is 3. The highest BCUT2D eigenvalue weighted by atomic mass is 32.2. The molecule has 1 saturated carbocycles. The summed E-state index contributed by atoms with van der Waals surface area (Å²) < 4.78 is 38.3. The average Bonchev–Trinajstić information content (AvgIpc) is 3.64. The van der Waals surface area contributed by atoms with E-state index < -0.39 is 21.2 Å². The van der Waals surface area contributed by atoms with Crippen molar-refractivity contribution in [3.05, 3.63) is 12.4 Å². The lowest BCUT2D eigenvalue weighted by Gasteiger charge is -2.34. The van der Waals surface area contributed by atoms with Crippen LogP contribution in [0.5, 0.6) is 5.88 Å². The van der Waals surface area contributed by atoms with E-state index in [1.165, 1.54) is 29.1 Å². The number of sulfonamides is 1. The molecule has 4 rings (SSSR count). The van der Waals surface area contributed by atoms with Crippen LogP contribution in [0.15, 0.2) is 12.4 Å². The van der Waals surface area contributed by atoms with Gasteiger partial charge in [-0.15, -0.1) is 0 Å². The Kier molecular flexibility index (Phi) is 8.64. The summed E-state index contributed by atoms with van der Waals surface area (Å²) in [5.74, 6) is 0.216. The van der Waals surface area contributed by atoms with Gasteiger partial charge < -0.3 is 19.3 Å². The maximum absolute atomic E-state index is 12.9. The van der Waals surface area contributed by atoms with E-state index >= 15 is 0 Å². The molecule has 1 unspecified atom stereocenters. The number of nitrogens with zero attached hydrogens (tertiary/aromatic N) is 6. The Balaban J connectivity index is 1.23. The third-order valence-corrected chi connectivity index (χ3v) is 9.75. The molecule has 3 aliphatic rings. The Hall–Kier alpha value is -3.00. The van der Waals surface area contributed by atoms with Crippen LogP contribution in [0.25, 0.3) is 0 Å². The molecular weight excluding hydrogens is 528 g/mol. The maximum atomic E-state index is 12.9. The van der Waals surface area contributed by atoms with Crippen LogP contribution >= 0.6 is 0 Å². The average molecular weight is 567 g/mol. The van der Waals surface area contributed by atoms with Crippen LogP contribution in [-0.4, -0.2) is 115 Å². The second-order valence-corrected chi connectivity index (χ2v) is 13.3. The van der Waals surface area contributed by atoms with E-state index in [2.05, 4.69) is 9.97 Å². The Morgan fingerprint density at radius 2 is 1.82 bits per heavy atom. The van der Waals surface area contributed by atoms with E-state index in [0.717, 1.165) is 30.0 Å². The molecular formula is C25H38N6O7S. The van der Waals surface area contributed by atoms with Crippen LogP contribution in [-0.2, 0) is 24.3 Å². The fourth-order valence-corrected chi connectivity index (χ4v) is 5.95. The molecule has 2 saturated heterocycles. The first kappa shape index (κ1) is 29.0. The predicted molar refractivity (Wildman–Crippen MR) is 142 cm³/mol. The molecule has 3 heterocycles. The summed E-state index contributed by atoms with van der Waals surface area (Å²) in [4.78, 5) is 50.1. The molecule has 0 aromatic carbocycles. The van der Waals surface area contributed by atoms with Gasteiger partial charge in [-0.05, 0) is 45.4 Å². The van der Waals surface area contributed by atoms with Gasteiger partial charge in [-0.3, -0.25) is 14.5 Å². The van der Waals surface area contributed by atoms with E-state index in [9.17, 15) is 22.8 Å². The summed E-state index contributed by atoms with van der Waals surface area (Å²) in [6, 6.07) is 0. The number of ether oxygens (including phenoxy) is 2. The van der Waals surface area contributed by atoms with Crippen molar-refractivity contribution in [2.75, 3.05) is 58.3 Å². The molecule has 1 aliphatic carbocycles. The first-order valence-corrected chi connectivity index (χ1v) is 14.8. The Morgan fingerprint density at radius 3 is 2.38 bits per heavy atom. The number of rotatable bonds is 9. The van der Waals surface area contributed by atoms with E-state index in [1.54, 1.807) is 19.0 Å². The van der Waals surface area contributed by atoms with Gasteiger partial charge in [0.2, 0.25) is 27.7 Å². The van der Waals surface area contributed by atoms with Gasteiger partial charge in [-0.25, -0.2) is 23.2 Å². The smallest absolute Gasteiger partial charge is 0.410 e. The highest BCUT2D eigenvalue weighted by molar-refractivity contribution is 7.89. The Morgan fingerprint density at radius 1 is 1.13 bits per heavy atom.